The van der Waals surface area contributed by atoms with Gasteiger partial charge in [0.05, 0.1) is 12.9 Å². The van der Waals surface area contributed by atoms with Crippen molar-refractivity contribution in [2.24, 2.45) is 5.92 Å². The molecule has 0 saturated heterocycles. The molecule has 9 heavy (non-hydrogen) atoms. The van der Waals surface area contributed by atoms with E-state index in [-0.39, 0.29) is 0 Å². The van der Waals surface area contributed by atoms with Crippen LogP contribution >= 0.6 is 0 Å². The first-order chi connectivity index (χ1) is 4.47. The van der Waals surface area contributed by atoms with Crippen LogP contribution in [0.2, 0.25) is 0 Å². The van der Waals surface area contributed by atoms with Crippen LogP contribution in [0.5, 0.6) is 0 Å². The third kappa shape index (κ3) is 0.846. The van der Waals surface area contributed by atoms with Crippen LogP contribution in [0.1, 0.15) is 25.7 Å². The van der Waals surface area contributed by atoms with E-state index in [1.165, 1.54) is 25.7 Å². The van der Waals surface area contributed by atoms with E-state index < -0.39 is 0 Å². The molecular formula is C8H12O. The predicted octanol–water partition coefficient (Wildman–Crippen LogP) is 2.09. The zero-order valence-corrected chi connectivity index (χ0v) is 5.60. The molecule has 1 nitrogen and oxygen atoms in total. The molecule has 1 unspecified atom stereocenters. The van der Waals surface area contributed by atoms with Crippen molar-refractivity contribution >= 4 is 0 Å². The average Bonchev–Trinajstić information content (AvgIpc) is 2.33. The Labute approximate surface area is 55.7 Å². The van der Waals surface area contributed by atoms with Gasteiger partial charge in [0.1, 0.15) is 0 Å². The highest BCUT2D eigenvalue weighted by molar-refractivity contribution is 5.09. The summed E-state index contributed by atoms with van der Waals surface area (Å²) in [7, 11) is 0. The van der Waals surface area contributed by atoms with Crippen molar-refractivity contribution in [1.29, 1.82) is 0 Å². The highest BCUT2D eigenvalue weighted by Gasteiger charge is 2.22. The molecule has 1 heterocycles. The van der Waals surface area contributed by atoms with Gasteiger partial charge in [-0.15, -0.1) is 0 Å². The number of ether oxygens (including phenoxy) is 1. The van der Waals surface area contributed by atoms with Crippen LogP contribution in [-0.2, 0) is 4.74 Å². The Hall–Kier alpha value is -0.460. The van der Waals surface area contributed by atoms with Gasteiger partial charge in [-0.1, -0.05) is 6.42 Å². The van der Waals surface area contributed by atoms with Crippen molar-refractivity contribution in [1.82, 2.24) is 0 Å². The number of rotatable bonds is 0. The molecule has 0 aromatic rings. The van der Waals surface area contributed by atoms with E-state index >= 15 is 0 Å². The van der Waals surface area contributed by atoms with Crippen molar-refractivity contribution in [2.45, 2.75) is 25.7 Å². The molecule has 0 N–H and O–H groups in total. The molecule has 0 aromatic heterocycles. The fourth-order valence-corrected chi connectivity index (χ4v) is 1.73. The van der Waals surface area contributed by atoms with Crippen LogP contribution in [0.4, 0.5) is 0 Å². The zero-order valence-electron chi connectivity index (χ0n) is 5.60. The minimum atomic E-state index is 0.804. The third-order valence-electron chi connectivity index (χ3n) is 2.32. The van der Waals surface area contributed by atoms with Crippen molar-refractivity contribution in [3.63, 3.8) is 0 Å². The van der Waals surface area contributed by atoms with Gasteiger partial charge >= 0.3 is 0 Å². The molecule has 0 spiro atoms. The highest BCUT2D eigenvalue weighted by atomic mass is 16.5. The first-order valence-corrected chi connectivity index (χ1v) is 3.77. The predicted molar refractivity (Wildman–Crippen MR) is 36.0 cm³/mol. The topological polar surface area (TPSA) is 9.23 Å². The second kappa shape index (κ2) is 2.05. The minimum Gasteiger partial charge on any atom is -0.501 e. The lowest BCUT2D eigenvalue weighted by atomic mass is 9.87. The Kier molecular flexibility index (Phi) is 1.22. The Morgan fingerprint density at radius 1 is 1.44 bits per heavy atom. The van der Waals surface area contributed by atoms with E-state index in [2.05, 4.69) is 0 Å². The van der Waals surface area contributed by atoms with E-state index in [1.807, 2.05) is 6.26 Å². The van der Waals surface area contributed by atoms with Crippen molar-refractivity contribution in [3.8, 4) is 0 Å². The van der Waals surface area contributed by atoms with Gasteiger partial charge in [0.2, 0.25) is 0 Å². The van der Waals surface area contributed by atoms with Gasteiger partial charge in [0.15, 0.2) is 0 Å². The van der Waals surface area contributed by atoms with Crippen LogP contribution < -0.4 is 0 Å². The normalized spacial score (nSPS) is 32.9. The average molecular weight is 124 g/mol. The third-order valence-corrected chi connectivity index (χ3v) is 2.32. The smallest absolute Gasteiger partial charge is 0.0939 e. The Bertz CT molecular complexity index is 138. The lowest BCUT2D eigenvalue weighted by Gasteiger charge is -2.17. The van der Waals surface area contributed by atoms with Gasteiger partial charge in [0, 0.05) is 5.92 Å². The fraction of sp³-hybridized carbons (Fsp3) is 0.750. The van der Waals surface area contributed by atoms with Gasteiger partial charge < -0.3 is 4.74 Å². The van der Waals surface area contributed by atoms with E-state index in [4.69, 9.17) is 4.74 Å². The molecule has 1 heteroatoms. The number of hydrogen-bond acceptors (Lipinski definition) is 1. The molecule has 2 rings (SSSR count). The van der Waals surface area contributed by atoms with Gasteiger partial charge in [-0.2, -0.15) is 0 Å². The number of hydrogen-bond donors (Lipinski definition) is 0. The molecule has 1 aliphatic heterocycles. The monoisotopic (exact) mass is 124 g/mol. The van der Waals surface area contributed by atoms with Crippen LogP contribution in [0.25, 0.3) is 0 Å². The van der Waals surface area contributed by atoms with Crippen LogP contribution in [0, 0.1) is 5.92 Å². The molecule has 1 aliphatic carbocycles. The van der Waals surface area contributed by atoms with Gasteiger partial charge in [-0.3, -0.25) is 0 Å². The standard InChI is InChI=1S/C8H12O/c1-2-4-8-6-9-5-7(8)3-1/h5,8H,1-4,6H2. The lowest BCUT2D eigenvalue weighted by molar-refractivity contribution is 0.238. The molecule has 0 bridgehead atoms. The van der Waals surface area contributed by atoms with E-state index in [0.29, 0.717) is 0 Å². The molecule has 1 fully saturated rings. The van der Waals surface area contributed by atoms with E-state index in [0.717, 1.165) is 12.5 Å². The summed E-state index contributed by atoms with van der Waals surface area (Å²) in [6, 6.07) is 0. The van der Waals surface area contributed by atoms with E-state index in [1.54, 1.807) is 5.57 Å². The molecule has 0 radical (unpaired) electrons. The largest absolute Gasteiger partial charge is 0.501 e. The maximum absolute atomic E-state index is 5.23. The SMILES string of the molecule is C1=C2CCCCC2CO1. The molecule has 1 saturated carbocycles. The maximum Gasteiger partial charge on any atom is 0.0939 e. The van der Waals surface area contributed by atoms with Gasteiger partial charge in [-0.05, 0) is 24.8 Å². The number of fused-ring (bicyclic) bond motifs is 1. The summed E-state index contributed by atoms with van der Waals surface area (Å²) >= 11 is 0. The highest BCUT2D eigenvalue weighted by Crippen LogP contribution is 2.32. The second-order valence-electron chi connectivity index (χ2n) is 2.97. The maximum atomic E-state index is 5.23. The summed E-state index contributed by atoms with van der Waals surface area (Å²) in [5.74, 6) is 0.804. The first kappa shape index (κ1) is 5.33. The Balaban J connectivity index is 2.09. The van der Waals surface area contributed by atoms with Crippen molar-refractivity contribution < 1.29 is 4.74 Å². The van der Waals surface area contributed by atoms with Gasteiger partial charge in [0.25, 0.3) is 0 Å². The molecular weight excluding hydrogens is 112 g/mol. The molecule has 50 valence electrons. The van der Waals surface area contributed by atoms with E-state index in [9.17, 15) is 0 Å². The second-order valence-corrected chi connectivity index (χ2v) is 2.97. The summed E-state index contributed by atoms with van der Waals surface area (Å²) < 4.78 is 5.23. The molecule has 1 atom stereocenters. The Morgan fingerprint density at radius 2 is 2.44 bits per heavy atom. The lowest BCUT2D eigenvalue weighted by Crippen LogP contribution is -2.08. The minimum absolute atomic E-state index is 0.804. The van der Waals surface area contributed by atoms with Crippen molar-refractivity contribution in [3.05, 3.63) is 11.8 Å². The summed E-state index contributed by atoms with van der Waals surface area (Å²) in [6.45, 7) is 0.968. The fourth-order valence-electron chi connectivity index (χ4n) is 1.73. The van der Waals surface area contributed by atoms with Crippen LogP contribution in [0.15, 0.2) is 11.8 Å². The Morgan fingerprint density at radius 3 is 3.33 bits per heavy atom. The summed E-state index contributed by atoms with van der Waals surface area (Å²) in [4.78, 5) is 0. The van der Waals surface area contributed by atoms with Crippen molar-refractivity contribution in [2.75, 3.05) is 6.61 Å². The van der Waals surface area contributed by atoms with Gasteiger partial charge in [-0.25, -0.2) is 0 Å². The van der Waals surface area contributed by atoms with Crippen LogP contribution in [0.3, 0.4) is 0 Å². The summed E-state index contributed by atoms with van der Waals surface area (Å²) in [5.41, 5.74) is 1.57. The molecule has 2 aliphatic rings. The molecule has 0 aromatic carbocycles. The summed E-state index contributed by atoms with van der Waals surface area (Å²) in [5, 5.41) is 0. The zero-order chi connectivity index (χ0) is 6.10. The first-order valence-electron chi connectivity index (χ1n) is 3.77. The molecule has 0 amide bonds. The quantitative estimate of drug-likeness (QED) is 0.480. The summed E-state index contributed by atoms with van der Waals surface area (Å²) in [6.07, 6.45) is 7.43. The van der Waals surface area contributed by atoms with Crippen LogP contribution in [-0.4, -0.2) is 6.61 Å².